The number of hydrogen-bond donors (Lipinski definition) is 1. The number of halogens is 1. The summed E-state index contributed by atoms with van der Waals surface area (Å²) in [7, 11) is 0. The molecule has 1 N–H and O–H groups in total. The smallest absolute Gasteiger partial charge is 0.231 e. The highest BCUT2D eigenvalue weighted by atomic mass is 19.1. The molecule has 7 heteroatoms. The monoisotopic (exact) mass is 360 g/mol. The number of fused-ring (bicyclic) bond motifs is 2. The second-order valence-electron chi connectivity index (χ2n) is 5.99. The molecular formula is C20H13FN4O2. The van der Waals surface area contributed by atoms with Crippen LogP contribution in [-0.4, -0.2) is 21.7 Å². The SMILES string of the molecule is Fc1ccc(-c2ccc3ncnc(Nc4ccc5c(c4)OCO5)c3n2)cc1. The number of aromatic nitrogens is 3. The van der Waals surface area contributed by atoms with Crippen molar-refractivity contribution in [2.45, 2.75) is 0 Å². The van der Waals surface area contributed by atoms with E-state index in [-0.39, 0.29) is 12.6 Å². The Balaban J connectivity index is 1.55. The van der Waals surface area contributed by atoms with Crippen molar-refractivity contribution in [2.24, 2.45) is 0 Å². The largest absolute Gasteiger partial charge is 0.454 e. The third kappa shape index (κ3) is 2.89. The number of ether oxygens (including phenoxy) is 2. The van der Waals surface area contributed by atoms with E-state index >= 15 is 0 Å². The van der Waals surface area contributed by atoms with Gasteiger partial charge in [-0.15, -0.1) is 0 Å². The molecule has 0 spiro atoms. The van der Waals surface area contributed by atoms with Gasteiger partial charge < -0.3 is 14.8 Å². The van der Waals surface area contributed by atoms with E-state index in [2.05, 4.69) is 20.3 Å². The van der Waals surface area contributed by atoms with Gasteiger partial charge in [0.2, 0.25) is 6.79 Å². The zero-order chi connectivity index (χ0) is 18.2. The predicted octanol–water partition coefficient (Wildman–Crippen LogP) is 4.30. The molecule has 1 aliphatic rings. The van der Waals surface area contributed by atoms with E-state index < -0.39 is 0 Å². The van der Waals surface area contributed by atoms with E-state index in [4.69, 9.17) is 9.47 Å². The molecule has 0 amide bonds. The Hall–Kier alpha value is -3.74. The van der Waals surface area contributed by atoms with Crippen molar-refractivity contribution in [1.29, 1.82) is 0 Å². The number of rotatable bonds is 3. The molecule has 132 valence electrons. The molecular weight excluding hydrogens is 347 g/mol. The summed E-state index contributed by atoms with van der Waals surface area (Å²) in [4.78, 5) is 13.3. The van der Waals surface area contributed by atoms with Gasteiger partial charge in [-0.25, -0.2) is 19.3 Å². The first-order valence-corrected chi connectivity index (χ1v) is 8.31. The first-order valence-electron chi connectivity index (χ1n) is 8.31. The third-order valence-corrected chi connectivity index (χ3v) is 4.26. The lowest BCUT2D eigenvalue weighted by Gasteiger charge is -2.09. The van der Waals surface area contributed by atoms with Gasteiger partial charge in [-0.3, -0.25) is 0 Å². The molecule has 0 unspecified atom stereocenters. The van der Waals surface area contributed by atoms with Crippen LogP contribution in [0, 0.1) is 5.82 Å². The van der Waals surface area contributed by atoms with Gasteiger partial charge in [-0.05, 0) is 48.5 Å². The maximum absolute atomic E-state index is 13.2. The summed E-state index contributed by atoms with van der Waals surface area (Å²) in [5.41, 5.74) is 3.66. The van der Waals surface area contributed by atoms with Crippen LogP contribution in [0.15, 0.2) is 60.9 Å². The van der Waals surface area contributed by atoms with Gasteiger partial charge in [0, 0.05) is 17.3 Å². The van der Waals surface area contributed by atoms with Crippen molar-refractivity contribution < 1.29 is 13.9 Å². The molecule has 27 heavy (non-hydrogen) atoms. The fraction of sp³-hybridized carbons (Fsp3) is 0.0500. The summed E-state index contributed by atoms with van der Waals surface area (Å²) >= 11 is 0. The summed E-state index contributed by atoms with van der Waals surface area (Å²) < 4.78 is 23.9. The van der Waals surface area contributed by atoms with Gasteiger partial charge in [-0.2, -0.15) is 0 Å². The molecule has 0 aliphatic carbocycles. The second-order valence-corrected chi connectivity index (χ2v) is 5.99. The lowest BCUT2D eigenvalue weighted by Crippen LogP contribution is -1.98. The average Bonchev–Trinajstić information content (AvgIpc) is 3.16. The molecule has 0 fully saturated rings. The van der Waals surface area contributed by atoms with Crippen LogP contribution < -0.4 is 14.8 Å². The molecule has 0 bridgehead atoms. The molecule has 0 saturated heterocycles. The zero-order valence-electron chi connectivity index (χ0n) is 14.0. The van der Waals surface area contributed by atoms with Gasteiger partial charge in [0.05, 0.1) is 11.2 Å². The molecule has 0 saturated carbocycles. The second kappa shape index (κ2) is 6.21. The highest BCUT2D eigenvalue weighted by molar-refractivity contribution is 5.88. The van der Waals surface area contributed by atoms with Gasteiger partial charge in [0.1, 0.15) is 17.7 Å². The van der Waals surface area contributed by atoms with E-state index in [9.17, 15) is 4.39 Å². The van der Waals surface area contributed by atoms with E-state index in [1.165, 1.54) is 18.5 Å². The van der Waals surface area contributed by atoms with Crippen LogP contribution in [0.2, 0.25) is 0 Å². The van der Waals surface area contributed by atoms with Gasteiger partial charge in [0.25, 0.3) is 0 Å². The van der Waals surface area contributed by atoms with Gasteiger partial charge >= 0.3 is 0 Å². The quantitative estimate of drug-likeness (QED) is 0.587. The fourth-order valence-electron chi connectivity index (χ4n) is 2.92. The molecule has 6 nitrogen and oxygen atoms in total. The van der Waals surface area contributed by atoms with Crippen LogP contribution in [0.1, 0.15) is 0 Å². The average molecular weight is 360 g/mol. The van der Waals surface area contributed by atoms with E-state index in [1.54, 1.807) is 12.1 Å². The fourth-order valence-corrected chi connectivity index (χ4v) is 2.92. The summed E-state index contributed by atoms with van der Waals surface area (Å²) in [5.74, 6) is 1.68. The molecule has 5 rings (SSSR count). The Labute approximate surface area is 153 Å². The highest BCUT2D eigenvalue weighted by Gasteiger charge is 2.14. The lowest BCUT2D eigenvalue weighted by molar-refractivity contribution is 0.174. The summed E-state index contributed by atoms with van der Waals surface area (Å²) in [5, 5.41) is 3.26. The molecule has 0 atom stereocenters. The topological polar surface area (TPSA) is 69.2 Å². The Morgan fingerprint density at radius 2 is 1.74 bits per heavy atom. The van der Waals surface area contributed by atoms with Gasteiger partial charge in [0.15, 0.2) is 17.3 Å². The number of anilines is 2. The van der Waals surface area contributed by atoms with Gasteiger partial charge in [-0.1, -0.05) is 0 Å². The molecule has 2 aromatic carbocycles. The zero-order valence-corrected chi connectivity index (χ0v) is 14.0. The lowest BCUT2D eigenvalue weighted by atomic mass is 10.1. The number of nitrogens with zero attached hydrogens (tertiary/aromatic N) is 3. The summed E-state index contributed by atoms with van der Waals surface area (Å²) in [6.45, 7) is 0.220. The number of benzene rings is 2. The Morgan fingerprint density at radius 1 is 0.889 bits per heavy atom. The Morgan fingerprint density at radius 3 is 2.63 bits per heavy atom. The predicted molar refractivity (Wildman–Crippen MR) is 98.6 cm³/mol. The minimum atomic E-state index is -0.284. The summed E-state index contributed by atoms with van der Waals surface area (Å²) in [6.07, 6.45) is 1.48. The molecule has 1 aliphatic heterocycles. The van der Waals surface area contributed by atoms with Crippen molar-refractivity contribution in [3.05, 3.63) is 66.7 Å². The van der Waals surface area contributed by atoms with E-state index in [0.29, 0.717) is 34.0 Å². The van der Waals surface area contributed by atoms with Crippen molar-refractivity contribution >= 4 is 22.5 Å². The van der Waals surface area contributed by atoms with Crippen molar-refractivity contribution in [3.8, 4) is 22.8 Å². The van der Waals surface area contributed by atoms with Crippen molar-refractivity contribution in [2.75, 3.05) is 12.1 Å². The maximum atomic E-state index is 13.2. The Bertz CT molecular complexity index is 1150. The molecule has 2 aromatic heterocycles. The van der Waals surface area contributed by atoms with Crippen LogP contribution in [-0.2, 0) is 0 Å². The van der Waals surface area contributed by atoms with Crippen LogP contribution in [0.3, 0.4) is 0 Å². The van der Waals surface area contributed by atoms with Crippen LogP contribution in [0.25, 0.3) is 22.3 Å². The number of hydrogen-bond acceptors (Lipinski definition) is 6. The molecule has 4 aromatic rings. The first kappa shape index (κ1) is 15.5. The van der Waals surface area contributed by atoms with Crippen LogP contribution >= 0.6 is 0 Å². The Kier molecular flexibility index (Phi) is 3.57. The molecule has 0 radical (unpaired) electrons. The van der Waals surface area contributed by atoms with Crippen LogP contribution in [0.5, 0.6) is 11.5 Å². The minimum Gasteiger partial charge on any atom is -0.454 e. The van der Waals surface area contributed by atoms with Crippen LogP contribution in [0.4, 0.5) is 15.9 Å². The first-order chi connectivity index (χ1) is 13.3. The minimum absolute atomic E-state index is 0.220. The van der Waals surface area contributed by atoms with Crippen molar-refractivity contribution in [3.63, 3.8) is 0 Å². The van der Waals surface area contributed by atoms with E-state index in [0.717, 1.165) is 11.3 Å². The number of pyridine rings is 1. The standard InChI is InChI=1S/C20H13FN4O2/c21-13-3-1-12(2-4-13)15-6-7-16-19(25-15)20(23-10-22-16)24-14-5-8-17-18(9-14)27-11-26-17/h1-10H,11H2,(H,22,23,24). The summed E-state index contributed by atoms with van der Waals surface area (Å²) in [6, 6.07) is 15.5. The normalized spacial score (nSPS) is 12.3. The maximum Gasteiger partial charge on any atom is 0.231 e. The van der Waals surface area contributed by atoms with E-state index in [1.807, 2.05) is 30.3 Å². The van der Waals surface area contributed by atoms with Crippen molar-refractivity contribution in [1.82, 2.24) is 15.0 Å². The molecule has 3 heterocycles. The highest BCUT2D eigenvalue weighted by Crippen LogP contribution is 2.35. The number of nitrogens with one attached hydrogen (secondary N) is 1. The third-order valence-electron chi connectivity index (χ3n) is 4.26.